The summed E-state index contributed by atoms with van der Waals surface area (Å²) in [5.41, 5.74) is 3.85. The van der Waals surface area contributed by atoms with Crippen molar-refractivity contribution < 1.29 is 4.79 Å². The van der Waals surface area contributed by atoms with Gasteiger partial charge in [0.05, 0.1) is 10.6 Å². The molecule has 5 heteroatoms. The van der Waals surface area contributed by atoms with Crippen LogP contribution in [0.15, 0.2) is 30.3 Å². The Hall–Kier alpha value is -1.78. The van der Waals surface area contributed by atoms with Crippen LogP contribution in [0.2, 0.25) is 5.02 Å². The summed E-state index contributed by atoms with van der Waals surface area (Å²) in [6, 6.07) is 10.3. The largest absolute Gasteiger partial charge is 0.337 e. The number of rotatable bonds is 3. The lowest BCUT2D eigenvalue weighted by Gasteiger charge is -2.36. The van der Waals surface area contributed by atoms with Crippen LogP contribution in [0.1, 0.15) is 34.6 Å². The first-order valence-corrected chi connectivity index (χ1v) is 9.17. The first-order valence-electron chi connectivity index (χ1n) is 8.79. The lowest BCUT2D eigenvalue weighted by molar-refractivity contribution is 0.0635. The molecule has 0 aliphatic carbocycles. The zero-order valence-electron chi connectivity index (χ0n) is 15.4. The molecular weight excluding hydrogens is 334 g/mol. The van der Waals surface area contributed by atoms with E-state index in [4.69, 9.17) is 11.6 Å². The summed E-state index contributed by atoms with van der Waals surface area (Å²) in [4.78, 5) is 17.2. The number of aryl methyl sites for hydroxylation is 2. The van der Waals surface area contributed by atoms with Gasteiger partial charge in [0.25, 0.3) is 5.91 Å². The van der Waals surface area contributed by atoms with Gasteiger partial charge in [-0.05, 0) is 71.1 Å². The number of benzene rings is 1. The van der Waals surface area contributed by atoms with Crippen molar-refractivity contribution in [2.24, 2.45) is 0 Å². The van der Waals surface area contributed by atoms with Gasteiger partial charge < -0.3 is 14.4 Å². The molecule has 4 nitrogen and oxygen atoms in total. The first-order chi connectivity index (χ1) is 11.9. The normalized spacial score (nSPS) is 18.0. The maximum atomic E-state index is 13.1. The first kappa shape index (κ1) is 18.0. The molecule has 3 rings (SSSR count). The number of nitrogens with zero attached hydrogens (tertiary/aromatic N) is 3. The topological polar surface area (TPSA) is 28.5 Å². The molecule has 0 bridgehead atoms. The van der Waals surface area contributed by atoms with E-state index in [1.807, 2.05) is 23.1 Å². The average molecular weight is 360 g/mol. The SMILES string of the molecule is Cc1ccc(C)n1-c1ccc(Cl)c(C(=O)N2CCCC(N(C)C)C2)c1. The van der Waals surface area contributed by atoms with Crippen molar-refractivity contribution in [2.45, 2.75) is 32.7 Å². The van der Waals surface area contributed by atoms with Crippen LogP contribution in [0.25, 0.3) is 5.69 Å². The van der Waals surface area contributed by atoms with E-state index in [0.29, 0.717) is 16.6 Å². The molecule has 2 heterocycles. The molecule has 1 aromatic heterocycles. The summed E-state index contributed by atoms with van der Waals surface area (Å²) in [5.74, 6) is 0.0286. The number of carbonyl (C=O) groups is 1. The standard InChI is InChI=1S/C20H26ClN3O/c1-14-7-8-15(2)24(14)16-9-10-19(21)18(12-16)20(25)23-11-5-6-17(13-23)22(3)4/h7-10,12,17H,5-6,11,13H2,1-4H3. The van der Waals surface area contributed by atoms with Gasteiger partial charge in [0.15, 0.2) is 0 Å². The molecule has 1 aromatic carbocycles. The quantitative estimate of drug-likeness (QED) is 0.831. The van der Waals surface area contributed by atoms with E-state index in [2.05, 4.69) is 49.5 Å². The number of hydrogen-bond acceptors (Lipinski definition) is 2. The molecule has 0 spiro atoms. The van der Waals surface area contributed by atoms with Crippen molar-refractivity contribution in [3.63, 3.8) is 0 Å². The minimum absolute atomic E-state index is 0.0286. The Kier molecular flexibility index (Phi) is 5.21. The highest BCUT2D eigenvalue weighted by Gasteiger charge is 2.27. The molecule has 0 radical (unpaired) electrons. The molecule has 25 heavy (non-hydrogen) atoms. The third kappa shape index (κ3) is 3.60. The van der Waals surface area contributed by atoms with E-state index in [9.17, 15) is 4.79 Å². The van der Waals surface area contributed by atoms with Gasteiger partial charge in [0.1, 0.15) is 0 Å². The van der Waals surface area contributed by atoms with Crippen molar-refractivity contribution in [3.05, 3.63) is 52.3 Å². The van der Waals surface area contributed by atoms with Crippen molar-refractivity contribution in [1.82, 2.24) is 14.4 Å². The maximum Gasteiger partial charge on any atom is 0.255 e. The fourth-order valence-corrected chi connectivity index (χ4v) is 3.82. The van der Waals surface area contributed by atoms with Crippen LogP contribution < -0.4 is 0 Å². The monoisotopic (exact) mass is 359 g/mol. The third-order valence-corrected chi connectivity index (χ3v) is 5.45. The fourth-order valence-electron chi connectivity index (χ4n) is 3.62. The lowest BCUT2D eigenvalue weighted by Crippen LogP contribution is -2.47. The van der Waals surface area contributed by atoms with Crippen molar-refractivity contribution >= 4 is 17.5 Å². The molecule has 1 atom stereocenters. The Bertz CT molecular complexity index is 762. The van der Waals surface area contributed by atoms with Crippen LogP contribution in [0.5, 0.6) is 0 Å². The van der Waals surface area contributed by atoms with Crippen molar-refractivity contribution in [2.75, 3.05) is 27.2 Å². The summed E-state index contributed by atoms with van der Waals surface area (Å²) >= 11 is 6.38. The van der Waals surface area contributed by atoms with Crippen molar-refractivity contribution in [3.8, 4) is 5.69 Å². The van der Waals surface area contributed by atoms with Gasteiger partial charge in [-0.2, -0.15) is 0 Å². The van der Waals surface area contributed by atoms with E-state index in [-0.39, 0.29) is 5.91 Å². The smallest absolute Gasteiger partial charge is 0.255 e. The Morgan fingerprint density at radius 3 is 2.48 bits per heavy atom. The van der Waals surface area contributed by atoms with Gasteiger partial charge in [-0.3, -0.25) is 4.79 Å². The molecular formula is C20H26ClN3O. The van der Waals surface area contributed by atoms with Gasteiger partial charge >= 0.3 is 0 Å². The van der Waals surface area contributed by atoms with E-state index in [1.165, 1.54) is 0 Å². The maximum absolute atomic E-state index is 13.1. The number of carbonyl (C=O) groups excluding carboxylic acids is 1. The minimum Gasteiger partial charge on any atom is -0.337 e. The Morgan fingerprint density at radius 1 is 1.16 bits per heavy atom. The van der Waals surface area contributed by atoms with Crippen LogP contribution >= 0.6 is 11.6 Å². The zero-order valence-corrected chi connectivity index (χ0v) is 16.2. The molecule has 0 saturated carbocycles. The van der Waals surface area contributed by atoms with Crippen LogP contribution in [0.3, 0.4) is 0 Å². The molecule has 2 aromatic rings. The number of piperidine rings is 1. The second kappa shape index (κ2) is 7.22. The molecule has 1 aliphatic rings. The van der Waals surface area contributed by atoms with Gasteiger partial charge in [-0.1, -0.05) is 11.6 Å². The molecule has 1 amide bonds. The molecule has 1 saturated heterocycles. The second-order valence-electron chi connectivity index (χ2n) is 7.13. The Morgan fingerprint density at radius 2 is 1.84 bits per heavy atom. The highest BCUT2D eigenvalue weighted by molar-refractivity contribution is 6.33. The van der Waals surface area contributed by atoms with Crippen LogP contribution in [-0.2, 0) is 0 Å². The number of likely N-dealkylation sites (N-methyl/N-ethyl adjacent to an activating group) is 1. The van der Waals surface area contributed by atoms with E-state index in [1.54, 1.807) is 0 Å². The van der Waals surface area contributed by atoms with Crippen LogP contribution in [-0.4, -0.2) is 53.5 Å². The molecule has 0 N–H and O–H groups in total. The van der Waals surface area contributed by atoms with Gasteiger partial charge in [0, 0.05) is 36.2 Å². The molecule has 1 fully saturated rings. The predicted molar refractivity (Wildman–Crippen MR) is 103 cm³/mol. The van der Waals surface area contributed by atoms with Crippen LogP contribution in [0.4, 0.5) is 0 Å². The van der Waals surface area contributed by atoms with E-state index in [0.717, 1.165) is 43.0 Å². The second-order valence-corrected chi connectivity index (χ2v) is 7.53. The van der Waals surface area contributed by atoms with E-state index >= 15 is 0 Å². The van der Waals surface area contributed by atoms with Crippen LogP contribution in [0, 0.1) is 13.8 Å². The zero-order chi connectivity index (χ0) is 18.1. The predicted octanol–water partition coefficient (Wildman–Crippen LogP) is 3.91. The highest BCUT2D eigenvalue weighted by Crippen LogP contribution is 2.25. The number of likely N-dealkylation sites (tertiary alicyclic amines) is 1. The summed E-state index contributed by atoms with van der Waals surface area (Å²) in [5, 5.41) is 0.517. The van der Waals surface area contributed by atoms with E-state index < -0.39 is 0 Å². The number of aromatic nitrogens is 1. The van der Waals surface area contributed by atoms with Gasteiger partial charge in [-0.25, -0.2) is 0 Å². The van der Waals surface area contributed by atoms with Crippen molar-refractivity contribution in [1.29, 1.82) is 0 Å². The summed E-state index contributed by atoms with van der Waals surface area (Å²) < 4.78 is 2.14. The number of amides is 1. The lowest BCUT2D eigenvalue weighted by atomic mass is 10.0. The summed E-state index contributed by atoms with van der Waals surface area (Å²) in [7, 11) is 4.15. The highest BCUT2D eigenvalue weighted by atomic mass is 35.5. The molecule has 1 unspecified atom stereocenters. The Balaban J connectivity index is 1.91. The van der Waals surface area contributed by atoms with Gasteiger partial charge in [0.2, 0.25) is 0 Å². The third-order valence-electron chi connectivity index (χ3n) is 5.12. The van der Waals surface area contributed by atoms with Gasteiger partial charge in [-0.15, -0.1) is 0 Å². The number of halogens is 1. The Labute approximate surface area is 155 Å². The average Bonchev–Trinajstić information content (AvgIpc) is 2.93. The number of hydrogen-bond donors (Lipinski definition) is 0. The summed E-state index contributed by atoms with van der Waals surface area (Å²) in [6.45, 7) is 5.68. The minimum atomic E-state index is 0.0286. The fraction of sp³-hybridized carbons (Fsp3) is 0.450. The molecule has 1 aliphatic heterocycles. The summed E-state index contributed by atoms with van der Waals surface area (Å²) in [6.07, 6.45) is 2.16. The molecule has 134 valence electrons.